The first-order valence-electron chi connectivity index (χ1n) is 15.1. The van der Waals surface area contributed by atoms with E-state index in [0.717, 1.165) is 38.0 Å². The molecule has 41 heavy (non-hydrogen) atoms. The first-order chi connectivity index (χ1) is 18.7. The fourth-order valence-electron chi connectivity index (χ4n) is 4.27. The molecule has 240 valence electrons. The van der Waals surface area contributed by atoms with Gasteiger partial charge in [-0.3, -0.25) is 14.4 Å². The number of hydrogen-bond donors (Lipinski definition) is 0. The maximum atomic E-state index is 10.7. The average molecular weight is 579 g/mol. The minimum Gasteiger partial charge on any atom is -0.466 e. The van der Waals surface area contributed by atoms with E-state index in [2.05, 4.69) is 65.7 Å². The van der Waals surface area contributed by atoms with Gasteiger partial charge < -0.3 is 9.47 Å². The number of rotatable bonds is 19. The lowest BCUT2D eigenvalue weighted by atomic mass is 9.87. The minimum absolute atomic E-state index is 0. The molecule has 0 aromatic rings. The Kier molecular flexibility index (Phi) is 33.9. The van der Waals surface area contributed by atoms with Crippen molar-refractivity contribution in [2.24, 2.45) is 23.7 Å². The summed E-state index contributed by atoms with van der Waals surface area (Å²) in [5.41, 5.74) is 2.62. The van der Waals surface area contributed by atoms with Crippen molar-refractivity contribution in [3.63, 3.8) is 0 Å². The number of esters is 3. The van der Waals surface area contributed by atoms with Crippen LogP contribution < -0.4 is 0 Å². The quantitative estimate of drug-likeness (QED) is 0.0866. The lowest BCUT2D eigenvalue weighted by Gasteiger charge is -2.19. The van der Waals surface area contributed by atoms with E-state index in [1.54, 1.807) is 0 Å². The lowest BCUT2D eigenvalue weighted by molar-refractivity contribution is -0.156. The normalized spacial score (nSPS) is 12.7. The smallest absolute Gasteiger partial charge is 0.310 e. The molecule has 0 N–H and O–H groups in total. The molecule has 0 radical (unpaired) electrons. The second-order valence-corrected chi connectivity index (χ2v) is 11.2. The molecule has 0 rings (SSSR count). The van der Waals surface area contributed by atoms with Gasteiger partial charge in [0.15, 0.2) is 0 Å². The van der Waals surface area contributed by atoms with E-state index in [-0.39, 0.29) is 13.4 Å². The van der Waals surface area contributed by atoms with Crippen LogP contribution in [0.25, 0.3) is 0 Å². The summed E-state index contributed by atoms with van der Waals surface area (Å²) < 4.78 is 8.93. The Balaban J connectivity index is -0.000000269. The third-order valence-electron chi connectivity index (χ3n) is 6.83. The minimum atomic E-state index is -0.562. The molecule has 4 unspecified atom stereocenters. The van der Waals surface area contributed by atoms with Gasteiger partial charge in [0.1, 0.15) is 0 Å². The molecule has 0 saturated carbocycles. The molecule has 0 amide bonds. The van der Waals surface area contributed by atoms with Gasteiger partial charge in [-0.15, -0.1) is 13.2 Å². The van der Waals surface area contributed by atoms with Crippen LogP contribution in [0.5, 0.6) is 0 Å². The molecule has 4 atom stereocenters. The highest BCUT2D eigenvalue weighted by atomic mass is 16.6. The monoisotopic (exact) mass is 578 g/mol. The molecule has 0 aliphatic rings. The van der Waals surface area contributed by atoms with Crippen LogP contribution in [0.2, 0.25) is 0 Å². The molecule has 0 saturated heterocycles. The molecule has 0 aliphatic carbocycles. The number of hydrogen-bond acceptors (Lipinski definition) is 5. The SMILES string of the molecule is C.C=CCCC(CCC(C)CCC)C(=C)C.C=CCCC(CCC(C)CCOC(C)=O)C(=C)C.CC(=O)OC(C)=O. The Morgan fingerprint density at radius 1 is 0.634 bits per heavy atom. The van der Waals surface area contributed by atoms with Crippen molar-refractivity contribution in [2.75, 3.05) is 6.61 Å². The van der Waals surface area contributed by atoms with Gasteiger partial charge in [-0.2, -0.15) is 0 Å². The van der Waals surface area contributed by atoms with Crippen molar-refractivity contribution in [1.29, 1.82) is 0 Å². The average Bonchev–Trinajstić information content (AvgIpc) is 2.83. The van der Waals surface area contributed by atoms with Gasteiger partial charge in [-0.1, -0.05) is 90.3 Å². The van der Waals surface area contributed by atoms with Crippen LogP contribution in [0.15, 0.2) is 49.6 Å². The summed E-state index contributed by atoms with van der Waals surface area (Å²) in [5.74, 6) is 1.46. The van der Waals surface area contributed by atoms with Crippen molar-refractivity contribution < 1.29 is 23.9 Å². The van der Waals surface area contributed by atoms with Crippen LogP contribution in [-0.2, 0) is 23.9 Å². The number of ether oxygens (including phenoxy) is 2. The second kappa shape index (κ2) is 30.5. The van der Waals surface area contributed by atoms with Crippen LogP contribution in [0.4, 0.5) is 0 Å². The van der Waals surface area contributed by atoms with Gasteiger partial charge in [0.25, 0.3) is 0 Å². The molecular weight excluding hydrogens is 512 g/mol. The Hall–Kier alpha value is -2.43. The van der Waals surface area contributed by atoms with Gasteiger partial charge >= 0.3 is 17.9 Å². The Labute approximate surface area is 254 Å². The van der Waals surface area contributed by atoms with Gasteiger partial charge in [0, 0.05) is 20.8 Å². The van der Waals surface area contributed by atoms with E-state index in [4.69, 9.17) is 4.74 Å². The highest BCUT2D eigenvalue weighted by molar-refractivity contribution is 5.82. The summed E-state index contributed by atoms with van der Waals surface area (Å²) in [5, 5.41) is 0. The molecule has 0 aromatic carbocycles. The summed E-state index contributed by atoms with van der Waals surface area (Å²) in [4.78, 5) is 30.3. The van der Waals surface area contributed by atoms with Crippen molar-refractivity contribution in [2.45, 2.75) is 133 Å². The van der Waals surface area contributed by atoms with E-state index in [1.165, 1.54) is 70.4 Å². The molecular formula is C36H66O5. The van der Waals surface area contributed by atoms with Crippen LogP contribution in [-0.4, -0.2) is 24.5 Å². The molecule has 0 bridgehead atoms. The zero-order chi connectivity index (χ0) is 31.5. The van der Waals surface area contributed by atoms with E-state index in [0.29, 0.717) is 24.4 Å². The fraction of sp³-hybridized carbons (Fsp3) is 0.694. The highest BCUT2D eigenvalue weighted by Crippen LogP contribution is 2.25. The van der Waals surface area contributed by atoms with Crippen LogP contribution in [0, 0.1) is 23.7 Å². The number of carbonyl (C=O) groups excluding carboxylic acids is 3. The maximum Gasteiger partial charge on any atom is 0.310 e. The predicted octanol–water partition coefficient (Wildman–Crippen LogP) is 10.6. The summed E-state index contributed by atoms with van der Waals surface area (Å²) in [6.07, 6.45) is 17.2. The summed E-state index contributed by atoms with van der Waals surface area (Å²) in [6.45, 7) is 31.2. The van der Waals surface area contributed by atoms with E-state index in [1.807, 2.05) is 12.2 Å². The summed E-state index contributed by atoms with van der Waals surface area (Å²) in [6, 6.07) is 0. The molecule has 0 spiro atoms. The van der Waals surface area contributed by atoms with Gasteiger partial charge in [-0.05, 0) is 82.5 Å². The van der Waals surface area contributed by atoms with Gasteiger partial charge in [0.05, 0.1) is 6.61 Å². The molecule has 0 aliphatic heterocycles. The standard InChI is InChI=1S/C16H28O2.C15H28.C4H6O3.CH4/c1-6-7-8-16(13(2)3)10-9-14(4)11-12-18-15(5)17;1-6-8-10-15(13(3)4)12-11-14(5)9-7-2;1-3(5)7-4(2)6;/h6,14,16H,1-2,7-12H2,3-5H3;6,14-15H,1,3,7-12H2,2,4-5H3;1-2H3;1H4. The Morgan fingerprint density at radius 3 is 1.29 bits per heavy atom. The maximum absolute atomic E-state index is 10.7. The highest BCUT2D eigenvalue weighted by Gasteiger charge is 2.12. The molecule has 5 heteroatoms. The molecule has 0 aromatic heterocycles. The zero-order valence-corrected chi connectivity index (χ0v) is 27.3. The largest absolute Gasteiger partial charge is 0.466 e. The molecule has 0 fully saturated rings. The zero-order valence-electron chi connectivity index (χ0n) is 27.3. The Bertz CT molecular complexity index is 724. The number of carbonyl (C=O) groups is 3. The van der Waals surface area contributed by atoms with Crippen LogP contribution >= 0.6 is 0 Å². The van der Waals surface area contributed by atoms with Gasteiger partial charge in [0.2, 0.25) is 0 Å². The third kappa shape index (κ3) is 35.5. The van der Waals surface area contributed by atoms with Crippen LogP contribution in [0.3, 0.4) is 0 Å². The lowest BCUT2D eigenvalue weighted by Crippen LogP contribution is -2.08. The predicted molar refractivity (Wildman–Crippen MR) is 178 cm³/mol. The molecule has 5 nitrogen and oxygen atoms in total. The topological polar surface area (TPSA) is 69.7 Å². The fourth-order valence-corrected chi connectivity index (χ4v) is 4.27. The second-order valence-electron chi connectivity index (χ2n) is 11.2. The van der Waals surface area contributed by atoms with Crippen molar-refractivity contribution >= 4 is 17.9 Å². The first kappa shape index (κ1) is 45.6. The van der Waals surface area contributed by atoms with Crippen LogP contribution in [0.1, 0.15) is 133 Å². The summed E-state index contributed by atoms with van der Waals surface area (Å²) in [7, 11) is 0. The third-order valence-corrected chi connectivity index (χ3v) is 6.83. The van der Waals surface area contributed by atoms with Gasteiger partial charge in [-0.25, -0.2) is 0 Å². The van der Waals surface area contributed by atoms with E-state index in [9.17, 15) is 14.4 Å². The van der Waals surface area contributed by atoms with E-state index < -0.39 is 11.9 Å². The first-order valence-corrected chi connectivity index (χ1v) is 15.1. The Morgan fingerprint density at radius 2 is 1.02 bits per heavy atom. The van der Waals surface area contributed by atoms with Crippen molar-refractivity contribution in [1.82, 2.24) is 0 Å². The number of allylic oxidation sites excluding steroid dienone is 4. The summed E-state index contributed by atoms with van der Waals surface area (Å²) >= 11 is 0. The van der Waals surface area contributed by atoms with E-state index >= 15 is 0 Å². The molecule has 0 heterocycles. The van der Waals surface area contributed by atoms with Crippen molar-refractivity contribution in [3.05, 3.63) is 49.6 Å². The van der Waals surface area contributed by atoms with Crippen molar-refractivity contribution in [3.8, 4) is 0 Å².